The van der Waals surface area contributed by atoms with E-state index < -0.39 is 0 Å². The van der Waals surface area contributed by atoms with Gasteiger partial charge in [-0.3, -0.25) is 4.79 Å². The third-order valence-electron chi connectivity index (χ3n) is 4.66. The van der Waals surface area contributed by atoms with Crippen LogP contribution in [0.5, 0.6) is 5.75 Å². The van der Waals surface area contributed by atoms with Gasteiger partial charge in [0.15, 0.2) is 6.29 Å². The molecule has 156 valence electrons. The maximum Gasteiger partial charge on any atom is 0.153 e. The van der Waals surface area contributed by atoms with Crippen molar-refractivity contribution in [3.05, 3.63) is 63.8 Å². The number of rotatable bonds is 9. The van der Waals surface area contributed by atoms with Gasteiger partial charge in [-0.2, -0.15) is 0 Å². The third-order valence-corrected chi connectivity index (χ3v) is 5.25. The molecule has 0 radical (unpaired) electrons. The zero-order chi connectivity index (χ0) is 21.1. The molecule has 0 fully saturated rings. The van der Waals surface area contributed by atoms with Crippen molar-refractivity contribution in [2.75, 3.05) is 0 Å². The van der Waals surface area contributed by atoms with Crippen LogP contribution in [0.15, 0.2) is 51.6 Å². The minimum Gasteiger partial charge on any atom is -0.488 e. The standard InChI is InChI=1S/C19H17BrO3.C6H14/c1-2-3-13-4-5-16(11-21)18(10-13)23-12-14-8-15-6-7-22-19(15)17(20)9-14;1-3-5-6-4-2/h4-11H,2-3,12H2,1H3;3-6H2,1-2H3. The Morgan fingerprint density at radius 2 is 1.72 bits per heavy atom. The molecule has 0 aliphatic heterocycles. The van der Waals surface area contributed by atoms with E-state index in [-0.39, 0.29) is 0 Å². The van der Waals surface area contributed by atoms with Crippen molar-refractivity contribution in [1.29, 1.82) is 0 Å². The van der Waals surface area contributed by atoms with E-state index in [1.54, 1.807) is 6.26 Å². The number of carbonyl (C=O) groups is 1. The smallest absolute Gasteiger partial charge is 0.153 e. The lowest BCUT2D eigenvalue weighted by atomic mass is 10.1. The van der Waals surface area contributed by atoms with Gasteiger partial charge in [-0.25, -0.2) is 0 Å². The van der Waals surface area contributed by atoms with E-state index in [2.05, 4.69) is 36.7 Å². The number of fused-ring (bicyclic) bond motifs is 1. The molecule has 0 amide bonds. The number of benzene rings is 2. The molecular formula is C25H31BrO3. The number of aldehydes is 1. The van der Waals surface area contributed by atoms with Gasteiger partial charge in [0.05, 0.1) is 16.3 Å². The molecule has 0 unspecified atom stereocenters. The van der Waals surface area contributed by atoms with Crippen molar-refractivity contribution in [2.45, 2.75) is 65.9 Å². The van der Waals surface area contributed by atoms with Gasteiger partial charge in [0, 0.05) is 5.39 Å². The average Bonchev–Trinajstić information content (AvgIpc) is 3.21. The molecule has 0 saturated heterocycles. The van der Waals surface area contributed by atoms with Gasteiger partial charge in [-0.05, 0) is 63.8 Å². The fourth-order valence-electron chi connectivity index (χ4n) is 3.09. The van der Waals surface area contributed by atoms with Crippen LogP contribution >= 0.6 is 15.9 Å². The Hall–Kier alpha value is -2.07. The van der Waals surface area contributed by atoms with E-state index in [1.807, 2.05) is 36.4 Å². The molecule has 0 spiro atoms. The predicted molar refractivity (Wildman–Crippen MR) is 124 cm³/mol. The molecule has 2 aromatic carbocycles. The van der Waals surface area contributed by atoms with Gasteiger partial charge < -0.3 is 9.15 Å². The number of hydrogen-bond acceptors (Lipinski definition) is 3. The highest BCUT2D eigenvalue weighted by molar-refractivity contribution is 9.10. The van der Waals surface area contributed by atoms with Crippen molar-refractivity contribution in [2.24, 2.45) is 0 Å². The highest BCUT2D eigenvalue weighted by Gasteiger charge is 2.08. The second-order valence-electron chi connectivity index (χ2n) is 7.15. The molecule has 1 aromatic heterocycles. The summed E-state index contributed by atoms with van der Waals surface area (Å²) in [5, 5.41) is 1.02. The topological polar surface area (TPSA) is 39.4 Å². The summed E-state index contributed by atoms with van der Waals surface area (Å²) in [7, 11) is 0. The van der Waals surface area contributed by atoms with Crippen LogP contribution in [-0.2, 0) is 13.0 Å². The van der Waals surface area contributed by atoms with Gasteiger partial charge >= 0.3 is 0 Å². The summed E-state index contributed by atoms with van der Waals surface area (Å²) in [4.78, 5) is 11.2. The van der Waals surface area contributed by atoms with Gasteiger partial charge in [-0.15, -0.1) is 0 Å². The second kappa shape index (κ2) is 12.5. The maximum atomic E-state index is 11.2. The number of furan rings is 1. The van der Waals surface area contributed by atoms with Crippen molar-refractivity contribution >= 4 is 33.2 Å². The number of ether oxygens (including phenoxy) is 1. The Labute approximate surface area is 182 Å². The number of hydrogen-bond donors (Lipinski definition) is 0. The zero-order valence-electron chi connectivity index (χ0n) is 17.7. The van der Waals surface area contributed by atoms with Gasteiger partial charge in [-0.1, -0.05) is 58.9 Å². The molecule has 4 heteroatoms. The van der Waals surface area contributed by atoms with Crippen LogP contribution < -0.4 is 4.74 Å². The van der Waals surface area contributed by atoms with E-state index in [0.717, 1.165) is 40.1 Å². The molecule has 0 N–H and O–H groups in total. The van der Waals surface area contributed by atoms with E-state index >= 15 is 0 Å². The van der Waals surface area contributed by atoms with Gasteiger partial charge in [0.2, 0.25) is 0 Å². The zero-order valence-corrected chi connectivity index (χ0v) is 19.3. The predicted octanol–water partition coefficient (Wildman–Crippen LogP) is 8.13. The van der Waals surface area contributed by atoms with Crippen LogP contribution in [0.3, 0.4) is 0 Å². The molecule has 0 aliphatic rings. The van der Waals surface area contributed by atoms with Crippen LogP contribution in [0.1, 0.15) is 74.4 Å². The van der Waals surface area contributed by atoms with Crippen LogP contribution in [0.2, 0.25) is 0 Å². The summed E-state index contributed by atoms with van der Waals surface area (Å²) in [5.41, 5.74) is 3.60. The Morgan fingerprint density at radius 3 is 2.38 bits per heavy atom. The summed E-state index contributed by atoms with van der Waals surface area (Å²) in [6.45, 7) is 6.99. The summed E-state index contributed by atoms with van der Waals surface area (Å²) < 4.78 is 12.2. The highest BCUT2D eigenvalue weighted by atomic mass is 79.9. The summed E-state index contributed by atoms with van der Waals surface area (Å²) in [6.07, 6.45) is 10.1. The largest absolute Gasteiger partial charge is 0.488 e. The Morgan fingerprint density at radius 1 is 0.966 bits per heavy atom. The lowest BCUT2D eigenvalue weighted by molar-refractivity contribution is 0.111. The molecule has 0 saturated carbocycles. The third kappa shape index (κ3) is 7.04. The minimum atomic E-state index is 0.399. The fraction of sp³-hybridized carbons (Fsp3) is 0.400. The number of halogens is 1. The van der Waals surface area contributed by atoms with E-state index in [9.17, 15) is 4.79 Å². The fourth-order valence-corrected chi connectivity index (χ4v) is 3.70. The first-order valence-corrected chi connectivity index (χ1v) is 11.3. The highest BCUT2D eigenvalue weighted by Crippen LogP contribution is 2.28. The molecule has 3 rings (SSSR count). The Bertz CT molecular complexity index is 894. The van der Waals surface area contributed by atoms with E-state index in [4.69, 9.17) is 9.15 Å². The summed E-state index contributed by atoms with van der Waals surface area (Å²) in [6, 6.07) is 11.7. The van der Waals surface area contributed by atoms with Crippen LogP contribution in [0, 0.1) is 0 Å². The number of carbonyl (C=O) groups excluding carboxylic acids is 1. The first-order valence-electron chi connectivity index (χ1n) is 10.5. The molecule has 1 heterocycles. The number of aryl methyl sites for hydroxylation is 1. The van der Waals surface area contributed by atoms with Crippen molar-refractivity contribution in [1.82, 2.24) is 0 Å². The SMILES string of the molecule is CCCCCC.CCCc1ccc(C=O)c(OCc2cc(Br)c3occc3c2)c1. The molecule has 29 heavy (non-hydrogen) atoms. The summed E-state index contributed by atoms with van der Waals surface area (Å²) in [5.74, 6) is 0.634. The van der Waals surface area contributed by atoms with Gasteiger partial charge in [0.25, 0.3) is 0 Å². The summed E-state index contributed by atoms with van der Waals surface area (Å²) >= 11 is 3.51. The maximum absolute atomic E-state index is 11.2. The Balaban J connectivity index is 0.000000438. The molecule has 0 bridgehead atoms. The Kier molecular flexibility index (Phi) is 9.99. The first kappa shape index (κ1) is 23.2. The van der Waals surface area contributed by atoms with Crippen molar-refractivity contribution in [3.63, 3.8) is 0 Å². The molecular weight excluding hydrogens is 428 g/mol. The van der Waals surface area contributed by atoms with Crippen LogP contribution in [-0.4, -0.2) is 6.29 Å². The first-order chi connectivity index (χ1) is 14.1. The normalized spacial score (nSPS) is 10.5. The minimum absolute atomic E-state index is 0.399. The average molecular weight is 459 g/mol. The van der Waals surface area contributed by atoms with E-state index in [1.165, 1.54) is 31.2 Å². The second-order valence-corrected chi connectivity index (χ2v) is 8.01. The number of unbranched alkanes of at least 4 members (excludes halogenated alkanes) is 3. The van der Waals surface area contributed by atoms with Gasteiger partial charge in [0.1, 0.15) is 17.9 Å². The molecule has 3 nitrogen and oxygen atoms in total. The molecule has 0 aliphatic carbocycles. The van der Waals surface area contributed by atoms with Crippen LogP contribution in [0.25, 0.3) is 11.0 Å². The molecule has 0 atom stereocenters. The van der Waals surface area contributed by atoms with E-state index in [0.29, 0.717) is 17.9 Å². The van der Waals surface area contributed by atoms with Crippen molar-refractivity contribution in [3.8, 4) is 5.75 Å². The lowest BCUT2D eigenvalue weighted by Gasteiger charge is -2.11. The monoisotopic (exact) mass is 458 g/mol. The van der Waals surface area contributed by atoms with Crippen molar-refractivity contribution < 1.29 is 13.9 Å². The molecule has 3 aromatic rings. The van der Waals surface area contributed by atoms with Crippen LogP contribution in [0.4, 0.5) is 0 Å². The quantitative estimate of drug-likeness (QED) is 0.240. The lowest BCUT2D eigenvalue weighted by Crippen LogP contribution is -1.99.